The minimum atomic E-state index is -1.45. The van der Waals surface area contributed by atoms with E-state index in [0.717, 1.165) is 6.42 Å². The summed E-state index contributed by atoms with van der Waals surface area (Å²) in [5, 5.41) is 0. The Labute approximate surface area is 140 Å². The summed E-state index contributed by atoms with van der Waals surface area (Å²) in [4.78, 5) is 37.3. The van der Waals surface area contributed by atoms with Gasteiger partial charge in [-0.25, -0.2) is 4.39 Å². The minimum Gasteiger partial charge on any atom is -0.468 e. The average Bonchev–Trinajstić information content (AvgIpc) is 2.61. The van der Waals surface area contributed by atoms with Crippen LogP contribution in [0.15, 0.2) is 24.3 Å². The summed E-state index contributed by atoms with van der Waals surface area (Å²) in [7, 11) is 2.45. The maximum absolute atomic E-state index is 13.0. The van der Waals surface area contributed by atoms with Gasteiger partial charge in [-0.05, 0) is 43.0 Å². The molecular weight excluding hydrogens is 315 g/mol. The third kappa shape index (κ3) is 3.32. The molecule has 0 amide bonds. The van der Waals surface area contributed by atoms with Crippen molar-refractivity contribution in [2.75, 3.05) is 14.2 Å². The Bertz CT molecular complexity index is 607. The third-order valence-corrected chi connectivity index (χ3v) is 4.77. The van der Waals surface area contributed by atoms with Crippen LogP contribution >= 0.6 is 0 Å². The van der Waals surface area contributed by atoms with Gasteiger partial charge < -0.3 is 9.47 Å². The van der Waals surface area contributed by atoms with Crippen molar-refractivity contribution in [3.63, 3.8) is 0 Å². The Kier molecular flexibility index (Phi) is 5.70. The zero-order valence-electron chi connectivity index (χ0n) is 13.8. The number of benzene rings is 1. The number of ether oxygens (including phenoxy) is 2. The van der Waals surface area contributed by atoms with Gasteiger partial charge in [0.05, 0.1) is 14.2 Å². The van der Waals surface area contributed by atoms with Crippen LogP contribution in [0.4, 0.5) is 4.39 Å². The first-order valence-electron chi connectivity index (χ1n) is 7.91. The van der Waals surface area contributed by atoms with Gasteiger partial charge in [0, 0.05) is 12.0 Å². The Balaban J connectivity index is 2.30. The molecule has 0 N–H and O–H groups in total. The molecule has 0 heterocycles. The lowest BCUT2D eigenvalue weighted by Gasteiger charge is -2.38. The van der Waals surface area contributed by atoms with Gasteiger partial charge in [-0.15, -0.1) is 0 Å². The van der Waals surface area contributed by atoms with Crippen LogP contribution in [-0.2, 0) is 19.1 Å². The van der Waals surface area contributed by atoms with E-state index in [0.29, 0.717) is 24.8 Å². The zero-order valence-corrected chi connectivity index (χ0v) is 13.8. The van der Waals surface area contributed by atoms with E-state index in [9.17, 15) is 18.8 Å². The van der Waals surface area contributed by atoms with Gasteiger partial charge in [-0.3, -0.25) is 14.4 Å². The molecule has 6 heteroatoms. The summed E-state index contributed by atoms with van der Waals surface area (Å²) in [5.74, 6) is -2.48. The quantitative estimate of drug-likeness (QED) is 0.470. The Hall–Kier alpha value is -2.24. The number of halogens is 1. The van der Waals surface area contributed by atoms with E-state index < -0.39 is 29.1 Å². The van der Waals surface area contributed by atoms with E-state index in [4.69, 9.17) is 9.47 Å². The summed E-state index contributed by atoms with van der Waals surface area (Å²) in [5.41, 5.74) is -1.09. The lowest BCUT2D eigenvalue weighted by atomic mass is 9.64. The van der Waals surface area contributed by atoms with Crippen molar-refractivity contribution in [2.45, 2.75) is 32.1 Å². The molecule has 0 aromatic heterocycles. The van der Waals surface area contributed by atoms with Gasteiger partial charge in [0.15, 0.2) is 11.2 Å². The van der Waals surface area contributed by atoms with Crippen molar-refractivity contribution < 1.29 is 28.2 Å². The van der Waals surface area contributed by atoms with Crippen molar-refractivity contribution in [2.24, 2.45) is 11.3 Å². The van der Waals surface area contributed by atoms with Crippen LogP contribution in [0.5, 0.6) is 0 Å². The van der Waals surface area contributed by atoms with Crippen molar-refractivity contribution in [1.82, 2.24) is 0 Å². The van der Waals surface area contributed by atoms with Crippen molar-refractivity contribution in [3.8, 4) is 0 Å². The third-order valence-electron chi connectivity index (χ3n) is 4.77. The van der Waals surface area contributed by atoms with Gasteiger partial charge in [0.1, 0.15) is 5.82 Å². The monoisotopic (exact) mass is 336 g/mol. The Morgan fingerprint density at radius 3 is 2.21 bits per heavy atom. The molecule has 1 aliphatic carbocycles. The van der Waals surface area contributed by atoms with E-state index in [1.54, 1.807) is 0 Å². The molecule has 0 aliphatic heterocycles. The molecule has 5 nitrogen and oxygen atoms in total. The summed E-state index contributed by atoms with van der Waals surface area (Å²) >= 11 is 0. The second kappa shape index (κ2) is 7.55. The fourth-order valence-corrected chi connectivity index (χ4v) is 3.48. The summed E-state index contributed by atoms with van der Waals surface area (Å²) in [6, 6.07) is 5.22. The predicted molar refractivity (Wildman–Crippen MR) is 83.8 cm³/mol. The molecule has 0 spiro atoms. The van der Waals surface area contributed by atoms with Crippen LogP contribution in [0.25, 0.3) is 0 Å². The predicted octanol–water partition coefficient (Wildman–Crippen LogP) is 2.92. The maximum Gasteiger partial charge on any atom is 0.323 e. The smallest absolute Gasteiger partial charge is 0.323 e. The number of esters is 2. The van der Waals surface area contributed by atoms with Gasteiger partial charge in [0.2, 0.25) is 0 Å². The second-order valence-corrected chi connectivity index (χ2v) is 6.03. The number of methoxy groups -OCH3 is 2. The number of hydrogen-bond donors (Lipinski definition) is 0. The number of Topliss-reactive ketones (excluding diaryl/α,β-unsaturated/α-hetero) is 1. The molecule has 1 aromatic carbocycles. The minimum absolute atomic E-state index is 0.00975. The normalized spacial score (nSPS) is 19.4. The molecule has 0 bridgehead atoms. The molecule has 1 aromatic rings. The highest BCUT2D eigenvalue weighted by atomic mass is 19.1. The van der Waals surface area contributed by atoms with Crippen LogP contribution in [0, 0.1) is 17.2 Å². The molecule has 0 saturated heterocycles. The first-order valence-corrected chi connectivity index (χ1v) is 7.91. The lowest BCUT2D eigenvalue weighted by Crippen LogP contribution is -2.49. The van der Waals surface area contributed by atoms with Gasteiger partial charge >= 0.3 is 11.9 Å². The number of carbonyl (C=O) groups is 3. The molecular formula is C18H21FO5. The van der Waals surface area contributed by atoms with Crippen LogP contribution < -0.4 is 0 Å². The summed E-state index contributed by atoms with van der Waals surface area (Å²) in [6.07, 6.45) is 2.36. The van der Waals surface area contributed by atoms with Crippen LogP contribution in [0.3, 0.4) is 0 Å². The standard InChI is InChI=1S/C18H21FO5/c1-23-16(21)18(17(22)24-2)10-4-3-5-13(18)11-15(20)12-6-8-14(19)9-7-12/h6-9,13H,3-5,10-11H2,1-2H3/t13-/m0/s1. The molecule has 1 atom stereocenters. The molecule has 0 unspecified atom stereocenters. The van der Waals surface area contributed by atoms with Crippen molar-refractivity contribution in [1.29, 1.82) is 0 Å². The van der Waals surface area contributed by atoms with E-state index >= 15 is 0 Å². The number of rotatable bonds is 5. The molecule has 1 fully saturated rings. The fourth-order valence-electron chi connectivity index (χ4n) is 3.48. The van der Waals surface area contributed by atoms with Crippen LogP contribution in [0.1, 0.15) is 42.5 Å². The van der Waals surface area contributed by atoms with Crippen molar-refractivity contribution >= 4 is 17.7 Å². The van der Waals surface area contributed by atoms with Crippen LogP contribution in [0.2, 0.25) is 0 Å². The lowest BCUT2D eigenvalue weighted by molar-refractivity contribution is -0.176. The zero-order chi connectivity index (χ0) is 17.7. The first kappa shape index (κ1) is 18.1. The summed E-state index contributed by atoms with van der Waals surface area (Å²) < 4.78 is 22.7. The molecule has 1 saturated carbocycles. The van der Waals surface area contributed by atoms with Crippen molar-refractivity contribution in [3.05, 3.63) is 35.6 Å². The molecule has 130 valence electrons. The van der Waals surface area contributed by atoms with E-state index in [2.05, 4.69) is 0 Å². The Morgan fingerprint density at radius 2 is 1.67 bits per heavy atom. The Morgan fingerprint density at radius 1 is 1.08 bits per heavy atom. The van der Waals surface area contributed by atoms with Gasteiger partial charge in [0.25, 0.3) is 0 Å². The maximum atomic E-state index is 13.0. The topological polar surface area (TPSA) is 69.7 Å². The van der Waals surface area contributed by atoms with E-state index in [1.807, 2.05) is 0 Å². The molecule has 0 radical (unpaired) electrons. The highest BCUT2D eigenvalue weighted by Gasteiger charge is 2.55. The van der Waals surface area contributed by atoms with Crippen LogP contribution in [-0.4, -0.2) is 31.9 Å². The molecule has 2 rings (SSSR count). The highest BCUT2D eigenvalue weighted by molar-refractivity contribution is 6.02. The number of carbonyl (C=O) groups excluding carboxylic acids is 3. The highest BCUT2D eigenvalue weighted by Crippen LogP contribution is 2.45. The van der Waals surface area contributed by atoms with E-state index in [1.165, 1.54) is 38.5 Å². The molecule has 24 heavy (non-hydrogen) atoms. The first-order chi connectivity index (χ1) is 11.5. The summed E-state index contributed by atoms with van der Waals surface area (Å²) in [6.45, 7) is 0. The number of ketones is 1. The largest absolute Gasteiger partial charge is 0.468 e. The molecule has 1 aliphatic rings. The van der Waals surface area contributed by atoms with E-state index in [-0.39, 0.29) is 12.2 Å². The fraction of sp³-hybridized carbons (Fsp3) is 0.500. The SMILES string of the molecule is COC(=O)C1(C(=O)OC)CCCC[C@H]1CC(=O)c1ccc(F)cc1. The van der Waals surface area contributed by atoms with Gasteiger partial charge in [-0.1, -0.05) is 12.8 Å². The average molecular weight is 336 g/mol. The van der Waals surface area contributed by atoms with Gasteiger partial charge in [-0.2, -0.15) is 0 Å². The number of hydrogen-bond acceptors (Lipinski definition) is 5. The second-order valence-electron chi connectivity index (χ2n) is 6.03.